The van der Waals surface area contributed by atoms with Gasteiger partial charge in [-0.15, -0.1) is 0 Å². The first-order valence-electron chi connectivity index (χ1n) is 11.3. The van der Waals surface area contributed by atoms with E-state index in [1.807, 2.05) is 61.5 Å². The third-order valence-electron chi connectivity index (χ3n) is 5.56. The van der Waals surface area contributed by atoms with Crippen LogP contribution in [-0.4, -0.2) is 29.3 Å². The smallest absolute Gasteiger partial charge is 0.329 e. The largest absolute Gasteiger partial charge is 0.487 e. The number of imide groups is 1. The third kappa shape index (κ3) is 6.82. The van der Waals surface area contributed by atoms with Gasteiger partial charge in [0.2, 0.25) is 5.91 Å². The average molecular weight is 742 g/mol. The number of halogens is 3. The van der Waals surface area contributed by atoms with Gasteiger partial charge in [-0.3, -0.25) is 9.59 Å². The van der Waals surface area contributed by atoms with E-state index in [0.717, 1.165) is 40.9 Å². The molecule has 0 saturated carbocycles. The van der Waals surface area contributed by atoms with Crippen molar-refractivity contribution in [2.24, 2.45) is 0 Å². The standard InChI is InChI=1S/C27H22ClI2N3O4/c1-2-18-5-3-4-6-22(18)31-24(34)14-33-26(35)23(32-27(33)36)13-17-11-20(29)25(21(30)12-17)37-15-16-7-9-19(28)10-8-16/h3-13H,2,14-15H2,1H3,(H,31,34)(H,32,36)/b23-13+. The number of rotatable bonds is 8. The van der Waals surface area contributed by atoms with E-state index >= 15 is 0 Å². The van der Waals surface area contributed by atoms with E-state index in [2.05, 4.69) is 55.8 Å². The number of anilines is 1. The Morgan fingerprint density at radius 3 is 2.43 bits per heavy atom. The number of amides is 4. The fourth-order valence-corrected chi connectivity index (χ4v) is 5.96. The number of para-hydroxylation sites is 1. The van der Waals surface area contributed by atoms with Gasteiger partial charge in [-0.2, -0.15) is 0 Å². The Morgan fingerprint density at radius 2 is 1.76 bits per heavy atom. The van der Waals surface area contributed by atoms with E-state index in [1.54, 1.807) is 12.1 Å². The van der Waals surface area contributed by atoms with Crippen LogP contribution in [0.5, 0.6) is 5.75 Å². The predicted molar refractivity (Wildman–Crippen MR) is 160 cm³/mol. The van der Waals surface area contributed by atoms with Crippen LogP contribution >= 0.6 is 56.8 Å². The monoisotopic (exact) mass is 741 g/mol. The van der Waals surface area contributed by atoms with Crippen molar-refractivity contribution in [2.45, 2.75) is 20.0 Å². The van der Waals surface area contributed by atoms with Gasteiger partial charge in [0.05, 0.1) is 7.14 Å². The summed E-state index contributed by atoms with van der Waals surface area (Å²) in [6.07, 6.45) is 2.34. The van der Waals surface area contributed by atoms with Crippen molar-refractivity contribution in [3.05, 3.63) is 95.2 Å². The Hall–Kier alpha value is -2.64. The summed E-state index contributed by atoms with van der Waals surface area (Å²) in [5, 5.41) is 6.02. The molecule has 0 bridgehead atoms. The number of carbonyl (C=O) groups excluding carboxylic acids is 3. The van der Waals surface area contributed by atoms with Gasteiger partial charge in [0.1, 0.15) is 24.6 Å². The number of ether oxygens (including phenoxy) is 1. The highest BCUT2D eigenvalue weighted by atomic mass is 127. The number of aryl methyl sites for hydroxylation is 1. The minimum atomic E-state index is -0.637. The van der Waals surface area contributed by atoms with Crippen LogP contribution in [0.2, 0.25) is 5.02 Å². The van der Waals surface area contributed by atoms with Crippen LogP contribution in [0.15, 0.2) is 66.4 Å². The fourth-order valence-electron chi connectivity index (χ4n) is 3.70. The summed E-state index contributed by atoms with van der Waals surface area (Å²) in [4.78, 5) is 38.8. The lowest BCUT2D eigenvalue weighted by Gasteiger charge is -2.13. The quantitative estimate of drug-likeness (QED) is 0.163. The van der Waals surface area contributed by atoms with E-state index in [-0.39, 0.29) is 12.2 Å². The highest BCUT2D eigenvalue weighted by Crippen LogP contribution is 2.31. The summed E-state index contributed by atoms with van der Waals surface area (Å²) in [7, 11) is 0. The Kier molecular flexibility index (Phi) is 9.08. The normalized spacial score (nSPS) is 14.2. The Balaban J connectivity index is 1.44. The third-order valence-corrected chi connectivity index (χ3v) is 7.42. The first-order chi connectivity index (χ1) is 17.7. The lowest BCUT2D eigenvalue weighted by molar-refractivity contribution is -0.127. The van der Waals surface area contributed by atoms with E-state index < -0.39 is 17.8 Å². The van der Waals surface area contributed by atoms with Crippen molar-refractivity contribution in [2.75, 3.05) is 11.9 Å². The zero-order chi connectivity index (χ0) is 26.5. The molecule has 0 spiro atoms. The van der Waals surface area contributed by atoms with Crippen LogP contribution in [-0.2, 0) is 22.6 Å². The maximum Gasteiger partial charge on any atom is 0.329 e. The molecule has 0 aromatic heterocycles. The summed E-state index contributed by atoms with van der Waals surface area (Å²) in [6, 6.07) is 18.0. The van der Waals surface area contributed by atoms with Crippen LogP contribution in [0.4, 0.5) is 10.5 Å². The maximum absolute atomic E-state index is 12.9. The van der Waals surface area contributed by atoms with E-state index in [0.29, 0.717) is 17.3 Å². The van der Waals surface area contributed by atoms with Crippen molar-refractivity contribution in [1.82, 2.24) is 10.2 Å². The van der Waals surface area contributed by atoms with Gasteiger partial charge in [-0.1, -0.05) is 48.9 Å². The van der Waals surface area contributed by atoms with Gasteiger partial charge in [-0.05, 0) is 105 Å². The van der Waals surface area contributed by atoms with Crippen LogP contribution in [0.3, 0.4) is 0 Å². The number of nitrogens with zero attached hydrogens (tertiary/aromatic N) is 1. The van der Waals surface area contributed by atoms with Crippen molar-refractivity contribution >= 4 is 86.4 Å². The molecule has 0 radical (unpaired) electrons. The Labute approximate surface area is 246 Å². The molecule has 0 unspecified atom stereocenters. The molecule has 3 aromatic carbocycles. The zero-order valence-corrected chi connectivity index (χ0v) is 24.8. The molecule has 1 saturated heterocycles. The molecule has 2 N–H and O–H groups in total. The summed E-state index contributed by atoms with van der Waals surface area (Å²) < 4.78 is 7.72. The number of hydrogen-bond acceptors (Lipinski definition) is 4. The lowest BCUT2D eigenvalue weighted by Crippen LogP contribution is -2.38. The molecule has 1 aliphatic heterocycles. The van der Waals surface area contributed by atoms with Crippen molar-refractivity contribution in [1.29, 1.82) is 0 Å². The molecule has 10 heteroatoms. The fraction of sp³-hybridized carbons (Fsp3) is 0.148. The number of urea groups is 1. The minimum Gasteiger partial charge on any atom is -0.487 e. The predicted octanol–water partition coefficient (Wildman–Crippen LogP) is 6.22. The molecule has 0 atom stereocenters. The summed E-state index contributed by atoms with van der Waals surface area (Å²) >= 11 is 10.3. The second-order valence-electron chi connectivity index (χ2n) is 8.17. The summed E-state index contributed by atoms with van der Waals surface area (Å²) in [5.74, 6) is -0.278. The first-order valence-corrected chi connectivity index (χ1v) is 13.9. The Morgan fingerprint density at radius 1 is 1.08 bits per heavy atom. The molecular weight excluding hydrogens is 720 g/mol. The van der Waals surface area contributed by atoms with Crippen LogP contribution in [0.1, 0.15) is 23.6 Å². The minimum absolute atomic E-state index is 0.105. The van der Waals surface area contributed by atoms with Crippen molar-refractivity contribution < 1.29 is 19.1 Å². The van der Waals surface area contributed by atoms with Gasteiger partial charge < -0.3 is 15.4 Å². The second kappa shape index (κ2) is 12.3. The van der Waals surface area contributed by atoms with Gasteiger partial charge in [0.15, 0.2) is 0 Å². The lowest BCUT2D eigenvalue weighted by atomic mass is 10.1. The molecule has 190 valence electrons. The first kappa shape index (κ1) is 27.4. The number of carbonyl (C=O) groups is 3. The number of benzene rings is 3. The molecule has 0 aliphatic carbocycles. The van der Waals surface area contributed by atoms with E-state index in [1.165, 1.54) is 0 Å². The van der Waals surface area contributed by atoms with Gasteiger partial charge in [0.25, 0.3) is 5.91 Å². The molecule has 1 aliphatic rings. The molecule has 3 aromatic rings. The zero-order valence-electron chi connectivity index (χ0n) is 19.7. The second-order valence-corrected chi connectivity index (χ2v) is 10.9. The maximum atomic E-state index is 12.9. The van der Waals surface area contributed by atoms with E-state index in [4.69, 9.17) is 16.3 Å². The molecule has 7 nitrogen and oxygen atoms in total. The highest BCUT2D eigenvalue weighted by Gasteiger charge is 2.35. The van der Waals surface area contributed by atoms with Gasteiger partial charge >= 0.3 is 6.03 Å². The molecule has 1 heterocycles. The van der Waals surface area contributed by atoms with Crippen LogP contribution in [0, 0.1) is 7.14 Å². The van der Waals surface area contributed by atoms with Crippen molar-refractivity contribution in [3.8, 4) is 5.75 Å². The molecular formula is C27H22ClI2N3O4. The van der Waals surface area contributed by atoms with Crippen LogP contribution < -0.4 is 15.4 Å². The molecule has 4 amide bonds. The SMILES string of the molecule is CCc1ccccc1NC(=O)CN1C(=O)N/C(=C/c2cc(I)c(OCc3ccc(Cl)cc3)c(I)c2)C1=O. The van der Waals surface area contributed by atoms with Gasteiger partial charge in [-0.25, -0.2) is 9.69 Å². The Bertz CT molecular complexity index is 1370. The number of hydrogen-bond donors (Lipinski definition) is 2. The van der Waals surface area contributed by atoms with Crippen LogP contribution in [0.25, 0.3) is 6.08 Å². The molecule has 1 fully saturated rings. The highest BCUT2D eigenvalue weighted by molar-refractivity contribution is 14.1. The average Bonchev–Trinajstić information content (AvgIpc) is 3.12. The van der Waals surface area contributed by atoms with Gasteiger partial charge in [0, 0.05) is 10.7 Å². The summed E-state index contributed by atoms with van der Waals surface area (Å²) in [6.45, 7) is 1.99. The van der Waals surface area contributed by atoms with Crippen molar-refractivity contribution in [3.63, 3.8) is 0 Å². The molecule has 37 heavy (non-hydrogen) atoms. The molecule has 4 rings (SSSR count). The summed E-state index contributed by atoms with van der Waals surface area (Å²) in [5.41, 5.74) is 3.45. The number of nitrogens with one attached hydrogen (secondary N) is 2. The topological polar surface area (TPSA) is 87.7 Å². The van der Waals surface area contributed by atoms with E-state index in [9.17, 15) is 14.4 Å².